The molecule has 0 aromatic carbocycles. The molecule has 0 radical (unpaired) electrons. The van der Waals surface area contributed by atoms with Gasteiger partial charge in [0.05, 0.1) is 5.60 Å². The zero-order chi connectivity index (χ0) is 7.45. The minimum absolute atomic E-state index is 0.507. The first-order valence-corrected chi connectivity index (χ1v) is 3.93. The average molecular weight is 144 g/mol. The molecule has 4 N–H and O–H groups in total. The molecule has 0 heterocycles. The van der Waals surface area contributed by atoms with Crippen molar-refractivity contribution in [1.29, 1.82) is 0 Å². The van der Waals surface area contributed by atoms with Crippen molar-refractivity contribution >= 4 is 0 Å². The average Bonchev–Trinajstić information content (AvgIpc) is 1.89. The Balaban J connectivity index is 2.32. The summed E-state index contributed by atoms with van der Waals surface area (Å²) in [6.07, 6.45) is 5.33. The van der Waals surface area contributed by atoms with Gasteiger partial charge >= 0.3 is 0 Å². The van der Waals surface area contributed by atoms with E-state index < -0.39 is 5.60 Å². The van der Waals surface area contributed by atoms with Crippen LogP contribution < -0.4 is 11.3 Å². The Labute approximate surface area is 61.6 Å². The third-order valence-electron chi connectivity index (χ3n) is 2.22. The molecule has 0 aromatic rings. The molecule has 10 heavy (non-hydrogen) atoms. The van der Waals surface area contributed by atoms with Crippen LogP contribution in [0.2, 0.25) is 0 Å². The molecule has 0 unspecified atom stereocenters. The quantitative estimate of drug-likeness (QED) is 0.382. The van der Waals surface area contributed by atoms with E-state index in [9.17, 15) is 5.11 Å². The predicted molar refractivity (Wildman–Crippen MR) is 40.2 cm³/mol. The van der Waals surface area contributed by atoms with Crippen molar-refractivity contribution in [1.82, 2.24) is 5.43 Å². The van der Waals surface area contributed by atoms with Crippen LogP contribution in [0.5, 0.6) is 0 Å². The topological polar surface area (TPSA) is 58.3 Å². The lowest BCUT2D eigenvalue weighted by Gasteiger charge is -2.31. The second-order valence-corrected chi connectivity index (χ2v) is 3.17. The molecule has 1 fully saturated rings. The highest BCUT2D eigenvalue weighted by Crippen LogP contribution is 2.26. The summed E-state index contributed by atoms with van der Waals surface area (Å²) in [6, 6.07) is 0. The maximum atomic E-state index is 9.73. The molecular formula is C7H16N2O. The van der Waals surface area contributed by atoms with Crippen LogP contribution in [0.3, 0.4) is 0 Å². The Morgan fingerprint density at radius 3 is 2.40 bits per heavy atom. The van der Waals surface area contributed by atoms with Gasteiger partial charge < -0.3 is 5.11 Å². The van der Waals surface area contributed by atoms with Crippen LogP contribution in [0.25, 0.3) is 0 Å². The van der Waals surface area contributed by atoms with Crippen LogP contribution in [0.15, 0.2) is 0 Å². The van der Waals surface area contributed by atoms with Crippen molar-refractivity contribution in [3.63, 3.8) is 0 Å². The number of hydrazine groups is 1. The zero-order valence-electron chi connectivity index (χ0n) is 6.27. The molecule has 1 aliphatic rings. The minimum atomic E-state index is -0.507. The van der Waals surface area contributed by atoms with Gasteiger partial charge in [-0.1, -0.05) is 19.3 Å². The summed E-state index contributed by atoms with van der Waals surface area (Å²) in [5, 5.41) is 9.73. The molecule has 60 valence electrons. The van der Waals surface area contributed by atoms with Gasteiger partial charge in [0, 0.05) is 6.54 Å². The van der Waals surface area contributed by atoms with Crippen LogP contribution in [0, 0.1) is 0 Å². The largest absolute Gasteiger partial charge is 0.389 e. The van der Waals surface area contributed by atoms with E-state index in [-0.39, 0.29) is 0 Å². The normalized spacial score (nSPS) is 24.6. The second kappa shape index (κ2) is 3.32. The maximum absolute atomic E-state index is 9.73. The van der Waals surface area contributed by atoms with E-state index in [1.54, 1.807) is 0 Å². The first-order chi connectivity index (χ1) is 4.77. The van der Waals surface area contributed by atoms with Gasteiger partial charge in [-0.05, 0) is 12.8 Å². The van der Waals surface area contributed by atoms with Crippen LogP contribution in [0.1, 0.15) is 32.1 Å². The van der Waals surface area contributed by atoms with E-state index in [1.807, 2.05) is 0 Å². The number of rotatable bonds is 2. The van der Waals surface area contributed by atoms with Crippen LogP contribution in [0.4, 0.5) is 0 Å². The summed E-state index contributed by atoms with van der Waals surface area (Å²) in [7, 11) is 0. The molecular weight excluding hydrogens is 128 g/mol. The van der Waals surface area contributed by atoms with Crippen molar-refractivity contribution < 1.29 is 5.11 Å². The Kier molecular flexibility index (Phi) is 2.65. The maximum Gasteiger partial charge on any atom is 0.0785 e. The fraction of sp³-hybridized carbons (Fsp3) is 1.00. The Morgan fingerprint density at radius 2 is 1.90 bits per heavy atom. The van der Waals surface area contributed by atoms with Crippen molar-refractivity contribution in [3.8, 4) is 0 Å². The van der Waals surface area contributed by atoms with Crippen molar-refractivity contribution in [2.45, 2.75) is 37.7 Å². The molecule has 0 saturated heterocycles. The fourth-order valence-corrected chi connectivity index (χ4v) is 1.58. The van der Waals surface area contributed by atoms with Gasteiger partial charge in [-0.2, -0.15) is 0 Å². The van der Waals surface area contributed by atoms with Gasteiger partial charge in [-0.3, -0.25) is 11.3 Å². The molecule has 0 spiro atoms. The molecule has 1 saturated carbocycles. The summed E-state index contributed by atoms with van der Waals surface area (Å²) in [4.78, 5) is 0. The van der Waals surface area contributed by atoms with Gasteiger partial charge in [-0.15, -0.1) is 0 Å². The summed E-state index contributed by atoms with van der Waals surface area (Å²) in [5.74, 6) is 5.13. The Hall–Kier alpha value is -0.120. The van der Waals surface area contributed by atoms with Crippen molar-refractivity contribution in [3.05, 3.63) is 0 Å². The summed E-state index contributed by atoms with van der Waals surface area (Å²) >= 11 is 0. The smallest absolute Gasteiger partial charge is 0.0785 e. The lowest BCUT2D eigenvalue weighted by atomic mass is 9.85. The molecule has 0 amide bonds. The highest BCUT2D eigenvalue weighted by Gasteiger charge is 2.27. The van der Waals surface area contributed by atoms with Gasteiger partial charge in [0.1, 0.15) is 0 Å². The highest BCUT2D eigenvalue weighted by molar-refractivity contribution is 4.83. The van der Waals surface area contributed by atoms with Gasteiger partial charge in [-0.25, -0.2) is 0 Å². The summed E-state index contributed by atoms with van der Waals surface area (Å²) in [6.45, 7) is 0.535. The lowest BCUT2D eigenvalue weighted by Crippen LogP contribution is -2.44. The Morgan fingerprint density at radius 1 is 1.30 bits per heavy atom. The zero-order valence-corrected chi connectivity index (χ0v) is 6.27. The summed E-state index contributed by atoms with van der Waals surface area (Å²) in [5.41, 5.74) is 2.02. The number of nitrogens with one attached hydrogen (secondary N) is 1. The highest BCUT2D eigenvalue weighted by atomic mass is 16.3. The molecule has 1 aliphatic carbocycles. The van der Waals surface area contributed by atoms with Crippen LogP contribution in [-0.2, 0) is 0 Å². The standard InChI is InChI=1S/C7H16N2O/c8-9-6-7(10)4-2-1-3-5-7/h9-10H,1-6,8H2. The molecule has 3 nitrogen and oxygen atoms in total. The molecule has 0 aliphatic heterocycles. The van der Waals surface area contributed by atoms with Crippen LogP contribution >= 0.6 is 0 Å². The Bertz CT molecular complexity index is 94.3. The van der Waals surface area contributed by atoms with E-state index in [1.165, 1.54) is 6.42 Å². The molecule has 3 heteroatoms. The number of hydrogen-bond acceptors (Lipinski definition) is 3. The van der Waals surface area contributed by atoms with E-state index in [2.05, 4.69) is 5.43 Å². The number of aliphatic hydroxyl groups is 1. The summed E-state index contributed by atoms with van der Waals surface area (Å²) < 4.78 is 0. The third-order valence-corrected chi connectivity index (χ3v) is 2.22. The van der Waals surface area contributed by atoms with E-state index in [0.29, 0.717) is 6.54 Å². The number of hydrogen-bond donors (Lipinski definition) is 3. The van der Waals surface area contributed by atoms with E-state index in [4.69, 9.17) is 5.84 Å². The third kappa shape index (κ3) is 1.94. The van der Waals surface area contributed by atoms with Gasteiger partial charge in [0.2, 0.25) is 0 Å². The van der Waals surface area contributed by atoms with E-state index >= 15 is 0 Å². The minimum Gasteiger partial charge on any atom is -0.389 e. The van der Waals surface area contributed by atoms with E-state index in [0.717, 1.165) is 25.7 Å². The second-order valence-electron chi connectivity index (χ2n) is 3.17. The molecule has 0 bridgehead atoms. The first kappa shape index (κ1) is 7.98. The predicted octanol–water partition coefficient (Wildman–Crippen LogP) is 0.145. The van der Waals surface area contributed by atoms with Gasteiger partial charge in [0.15, 0.2) is 0 Å². The van der Waals surface area contributed by atoms with Crippen LogP contribution in [-0.4, -0.2) is 17.3 Å². The molecule has 0 atom stereocenters. The molecule has 1 rings (SSSR count). The first-order valence-electron chi connectivity index (χ1n) is 3.93. The number of nitrogens with two attached hydrogens (primary N) is 1. The fourth-order valence-electron chi connectivity index (χ4n) is 1.58. The van der Waals surface area contributed by atoms with Crippen molar-refractivity contribution in [2.24, 2.45) is 5.84 Å². The van der Waals surface area contributed by atoms with Crippen molar-refractivity contribution in [2.75, 3.05) is 6.54 Å². The molecule has 0 aromatic heterocycles. The monoisotopic (exact) mass is 144 g/mol. The SMILES string of the molecule is NNCC1(O)CCCCC1. The lowest BCUT2D eigenvalue weighted by molar-refractivity contribution is 0.00510. The van der Waals surface area contributed by atoms with Gasteiger partial charge in [0.25, 0.3) is 0 Å².